The van der Waals surface area contributed by atoms with Gasteiger partial charge in [-0.25, -0.2) is 4.39 Å². The molecule has 0 bridgehead atoms. The van der Waals surface area contributed by atoms with Gasteiger partial charge < -0.3 is 10.5 Å². The summed E-state index contributed by atoms with van der Waals surface area (Å²) < 4.78 is 18.5. The van der Waals surface area contributed by atoms with Crippen molar-refractivity contribution < 1.29 is 9.13 Å². The fourth-order valence-corrected chi connectivity index (χ4v) is 2.05. The van der Waals surface area contributed by atoms with E-state index < -0.39 is 5.82 Å². The number of hydrogen-bond donors (Lipinski definition) is 1. The summed E-state index contributed by atoms with van der Waals surface area (Å²) in [7, 11) is 1.46. The molecule has 88 valence electrons. The maximum atomic E-state index is 13.5. The molecule has 0 aromatic heterocycles. The number of benzene rings is 1. The maximum absolute atomic E-state index is 13.5. The van der Waals surface area contributed by atoms with Crippen LogP contribution in [0, 0.1) is 5.82 Å². The Morgan fingerprint density at radius 3 is 2.75 bits per heavy atom. The molecule has 0 radical (unpaired) electrons. The first kappa shape index (κ1) is 11.7. The molecule has 1 aromatic rings. The zero-order valence-electron chi connectivity index (χ0n) is 9.22. The van der Waals surface area contributed by atoms with Gasteiger partial charge in [0.15, 0.2) is 11.6 Å². The van der Waals surface area contributed by atoms with E-state index in [0.29, 0.717) is 11.4 Å². The first-order chi connectivity index (χ1) is 7.54. The second-order valence-electron chi connectivity index (χ2n) is 4.44. The van der Waals surface area contributed by atoms with Gasteiger partial charge >= 0.3 is 0 Å². The van der Waals surface area contributed by atoms with Crippen molar-refractivity contribution in [1.82, 2.24) is 0 Å². The van der Waals surface area contributed by atoms with E-state index in [1.165, 1.54) is 13.2 Å². The molecule has 16 heavy (non-hydrogen) atoms. The van der Waals surface area contributed by atoms with Crippen LogP contribution in [0.25, 0.3) is 0 Å². The molecule has 0 atom stereocenters. The van der Waals surface area contributed by atoms with Crippen molar-refractivity contribution in [3.63, 3.8) is 0 Å². The molecule has 0 amide bonds. The number of hydrogen-bond acceptors (Lipinski definition) is 2. The second-order valence-corrected chi connectivity index (χ2v) is 4.88. The summed E-state index contributed by atoms with van der Waals surface area (Å²) in [4.78, 5) is 0. The highest BCUT2D eigenvalue weighted by Crippen LogP contribution is 2.38. The molecule has 1 aliphatic rings. The highest BCUT2D eigenvalue weighted by atomic mass is 35.5. The lowest BCUT2D eigenvalue weighted by Gasteiger charge is -2.12. The summed E-state index contributed by atoms with van der Waals surface area (Å²) in [5, 5.41) is 0.398. The molecule has 0 aliphatic heterocycles. The third kappa shape index (κ3) is 2.47. The van der Waals surface area contributed by atoms with E-state index in [2.05, 4.69) is 0 Å². The quantitative estimate of drug-likeness (QED) is 0.883. The lowest BCUT2D eigenvalue weighted by atomic mass is 10.0. The van der Waals surface area contributed by atoms with E-state index in [0.717, 1.165) is 24.8 Å². The third-order valence-corrected chi connectivity index (χ3v) is 3.29. The molecule has 2 N–H and O–H groups in total. The topological polar surface area (TPSA) is 35.2 Å². The van der Waals surface area contributed by atoms with Crippen molar-refractivity contribution >= 4 is 11.6 Å². The van der Waals surface area contributed by atoms with Gasteiger partial charge in [-0.1, -0.05) is 11.6 Å². The van der Waals surface area contributed by atoms with Crippen LogP contribution in [0.15, 0.2) is 12.1 Å². The largest absolute Gasteiger partial charge is 0.493 e. The van der Waals surface area contributed by atoms with Gasteiger partial charge in [-0.3, -0.25) is 0 Å². The van der Waals surface area contributed by atoms with Crippen LogP contribution in [-0.4, -0.2) is 12.6 Å². The zero-order valence-corrected chi connectivity index (χ0v) is 9.98. The molecule has 0 saturated heterocycles. The molecular formula is C12H15ClFNO. The van der Waals surface area contributed by atoms with Crippen molar-refractivity contribution in [2.45, 2.75) is 31.2 Å². The van der Waals surface area contributed by atoms with E-state index >= 15 is 0 Å². The molecular weight excluding hydrogens is 229 g/mol. The van der Waals surface area contributed by atoms with Gasteiger partial charge in [-0.05, 0) is 43.4 Å². The number of halogens is 2. The number of aryl methyl sites for hydroxylation is 1. The summed E-state index contributed by atoms with van der Waals surface area (Å²) >= 11 is 5.82. The first-order valence-electron chi connectivity index (χ1n) is 5.35. The van der Waals surface area contributed by atoms with Gasteiger partial charge in [0.25, 0.3) is 0 Å². The Hall–Kier alpha value is -0.800. The average Bonchev–Trinajstić information content (AvgIpc) is 2.94. The van der Waals surface area contributed by atoms with Crippen molar-refractivity contribution in [1.29, 1.82) is 0 Å². The van der Waals surface area contributed by atoms with Crippen LogP contribution >= 0.6 is 11.6 Å². The molecule has 2 rings (SSSR count). The van der Waals surface area contributed by atoms with Crippen LogP contribution in [0.4, 0.5) is 4.39 Å². The number of ether oxygens (including phenoxy) is 1. The smallest absolute Gasteiger partial charge is 0.166 e. The molecule has 0 heterocycles. The van der Waals surface area contributed by atoms with Crippen molar-refractivity contribution in [3.8, 4) is 5.75 Å². The summed E-state index contributed by atoms with van der Waals surface area (Å²) in [6.45, 7) is 0. The highest BCUT2D eigenvalue weighted by Gasteiger charge is 2.37. The van der Waals surface area contributed by atoms with E-state index in [1.54, 1.807) is 6.07 Å². The summed E-state index contributed by atoms with van der Waals surface area (Å²) in [5.41, 5.74) is 6.75. The van der Waals surface area contributed by atoms with Crippen LogP contribution in [0.3, 0.4) is 0 Å². The van der Waals surface area contributed by atoms with Crippen LogP contribution in [0.2, 0.25) is 5.02 Å². The predicted molar refractivity (Wildman–Crippen MR) is 62.4 cm³/mol. The number of rotatable bonds is 4. The van der Waals surface area contributed by atoms with Crippen LogP contribution in [0.1, 0.15) is 24.8 Å². The lowest BCUT2D eigenvalue weighted by Crippen LogP contribution is -2.22. The predicted octanol–water partition coefficient (Wildman–Crippen LogP) is 2.91. The third-order valence-electron chi connectivity index (χ3n) is 3.07. The zero-order chi connectivity index (χ0) is 11.8. The molecule has 1 fully saturated rings. The SMILES string of the molecule is COc1c(F)cc(Cl)cc1CCC1(N)CC1. The van der Waals surface area contributed by atoms with E-state index in [9.17, 15) is 4.39 Å². The monoisotopic (exact) mass is 243 g/mol. The van der Waals surface area contributed by atoms with Crippen molar-refractivity contribution in [2.75, 3.05) is 7.11 Å². The Labute approximate surface area is 99.5 Å². The Morgan fingerprint density at radius 1 is 1.50 bits per heavy atom. The van der Waals surface area contributed by atoms with Crippen LogP contribution in [-0.2, 0) is 6.42 Å². The molecule has 2 nitrogen and oxygen atoms in total. The van der Waals surface area contributed by atoms with E-state index in [-0.39, 0.29) is 11.3 Å². The highest BCUT2D eigenvalue weighted by molar-refractivity contribution is 6.30. The minimum atomic E-state index is -0.410. The standard InChI is InChI=1S/C12H15ClFNO/c1-16-11-8(2-3-12(15)4-5-12)6-9(13)7-10(11)14/h6-7H,2-5,15H2,1H3. The van der Waals surface area contributed by atoms with Gasteiger partial charge in [0, 0.05) is 10.6 Å². The minimum absolute atomic E-state index is 0.0379. The molecule has 1 aromatic carbocycles. The molecule has 4 heteroatoms. The lowest BCUT2D eigenvalue weighted by molar-refractivity contribution is 0.380. The van der Waals surface area contributed by atoms with Crippen molar-refractivity contribution in [3.05, 3.63) is 28.5 Å². The molecule has 0 unspecified atom stereocenters. The van der Waals surface area contributed by atoms with Gasteiger partial charge in [0.1, 0.15) is 0 Å². The Bertz CT molecular complexity index is 404. The molecule has 1 saturated carbocycles. The Kier molecular flexibility index (Phi) is 3.08. The minimum Gasteiger partial charge on any atom is -0.493 e. The fourth-order valence-electron chi connectivity index (χ4n) is 1.82. The molecule has 1 aliphatic carbocycles. The average molecular weight is 244 g/mol. The summed E-state index contributed by atoms with van der Waals surface area (Å²) in [6.07, 6.45) is 3.66. The number of nitrogens with two attached hydrogens (primary N) is 1. The van der Waals surface area contributed by atoms with E-state index in [1.807, 2.05) is 0 Å². The van der Waals surface area contributed by atoms with Crippen molar-refractivity contribution in [2.24, 2.45) is 5.73 Å². The Balaban J connectivity index is 2.17. The first-order valence-corrected chi connectivity index (χ1v) is 5.73. The van der Waals surface area contributed by atoms with Crippen LogP contribution in [0.5, 0.6) is 5.75 Å². The number of methoxy groups -OCH3 is 1. The van der Waals surface area contributed by atoms with E-state index in [4.69, 9.17) is 22.1 Å². The van der Waals surface area contributed by atoms with Gasteiger partial charge in [-0.2, -0.15) is 0 Å². The second kappa shape index (κ2) is 4.22. The Morgan fingerprint density at radius 2 is 2.19 bits per heavy atom. The fraction of sp³-hybridized carbons (Fsp3) is 0.500. The van der Waals surface area contributed by atoms with Gasteiger partial charge in [-0.15, -0.1) is 0 Å². The van der Waals surface area contributed by atoms with Crippen LogP contribution < -0.4 is 10.5 Å². The summed E-state index contributed by atoms with van der Waals surface area (Å²) in [6, 6.07) is 3.01. The van der Waals surface area contributed by atoms with Gasteiger partial charge in [0.2, 0.25) is 0 Å². The normalized spacial score (nSPS) is 17.2. The van der Waals surface area contributed by atoms with Gasteiger partial charge in [0.05, 0.1) is 7.11 Å². The molecule has 0 spiro atoms. The summed E-state index contributed by atoms with van der Waals surface area (Å²) in [5.74, 6) is -0.125. The maximum Gasteiger partial charge on any atom is 0.166 e.